The summed E-state index contributed by atoms with van der Waals surface area (Å²) in [6.45, 7) is 0. The third-order valence-electron chi connectivity index (χ3n) is 4.18. The number of thiazole rings is 1. The van der Waals surface area contributed by atoms with Crippen LogP contribution in [0, 0.1) is 5.92 Å². The molecule has 4 rings (SSSR count). The Kier molecular flexibility index (Phi) is 3.50. The summed E-state index contributed by atoms with van der Waals surface area (Å²) in [5.74, 6) is 1.25. The van der Waals surface area contributed by atoms with Gasteiger partial charge < -0.3 is 10.1 Å². The summed E-state index contributed by atoms with van der Waals surface area (Å²) < 4.78 is 6.22. The van der Waals surface area contributed by atoms with Crippen molar-refractivity contribution in [3.63, 3.8) is 0 Å². The van der Waals surface area contributed by atoms with Gasteiger partial charge in [-0.1, -0.05) is 41.7 Å². The number of rotatable bonds is 4. The van der Waals surface area contributed by atoms with Gasteiger partial charge in [-0.3, -0.25) is 4.79 Å². The van der Waals surface area contributed by atoms with Crippen LogP contribution in [0.4, 0.5) is 5.13 Å². The van der Waals surface area contributed by atoms with E-state index in [-0.39, 0.29) is 11.8 Å². The van der Waals surface area contributed by atoms with Gasteiger partial charge in [-0.2, -0.15) is 0 Å². The average molecular weight is 324 g/mol. The average Bonchev–Trinajstić information content (AvgIpc) is 3.29. The number of aromatic nitrogens is 1. The van der Waals surface area contributed by atoms with Gasteiger partial charge in [0.1, 0.15) is 5.75 Å². The predicted octanol–water partition coefficient (Wildman–Crippen LogP) is 4.05. The quantitative estimate of drug-likeness (QED) is 0.788. The van der Waals surface area contributed by atoms with Crippen LogP contribution >= 0.6 is 11.3 Å². The zero-order valence-corrected chi connectivity index (χ0v) is 13.5. The first-order chi connectivity index (χ1) is 11.2. The molecule has 1 aliphatic rings. The predicted molar refractivity (Wildman–Crippen MR) is 92.1 cm³/mol. The molecule has 1 saturated carbocycles. The Morgan fingerprint density at radius 2 is 2.09 bits per heavy atom. The lowest BCUT2D eigenvalue weighted by Gasteiger charge is -2.01. The van der Waals surface area contributed by atoms with Crippen molar-refractivity contribution in [3.8, 4) is 5.75 Å². The SMILES string of the molecule is COc1ccc2nc(NC(=O)[C@H]3C[C@@H]3c3ccccc3)sc2c1. The molecule has 1 aromatic heterocycles. The molecule has 2 atom stereocenters. The van der Waals surface area contributed by atoms with E-state index < -0.39 is 0 Å². The van der Waals surface area contributed by atoms with Crippen LogP contribution in [-0.4, -0.2) is 18.0 Å². The molecule has 23 heavy (non-hydrogen) atoms. The molecular formula is C18H16N2O2S. The molecule has 0 saturated heterocycles. The van der Waals surface area contributed by atoms with E-state index in [0.717, 1.165) is 22.4 Å². The number of carbonyl (C=O) groups excluding carboxylic acids is 1. The van der Waals surface area contributed by atoms with E-state index in [0.29, 0.717) is 11.0 Å². The van der Waals surface area contributed by atoms with Crippen LogP contribution in [0.15, 0.2) is 48.5 Å². The summed E-state index contributed by atoms with van der Waals surface area (Å²) in [6.07, 6.45) is 0.911. The van der Waals surface area contributed by atoms with Gasteiger partial charge in [-0.25, -0.2) is 4.98 Å². The highest BCUT2D eigenvalue weighted by molar-refractivity contribution is 7.22. The third kappa shape index (κ3) is 2.80. The highest BCUT2D eigenvalue weighted by atomic mass is 32.1. The van der Waals surface area contributed by atoms with Crippen molar-refractivity contribution in [1.29, 1.82) is 0 Å². The Hall–Kier alpha value is -2.40. The Morgan fingerprint density at radius 3 is 2.87 bits per heavy atom. The second-order valence-corrected chi connectivity index (χ2v) is 6.73. The number of nitrogens with one attached hydrogen (secondary N) is 1. The first kappa shape index (κ1) is 14.2. The third-order valence-corrected chi connectivity index (χ3v) is 5.11. The molecule has 1 aliphatic carbocycles. The zero-order valence-electron chi connectivity index (χ0n) is 12.7. The summed E-state index contributed by atoms with van der Waals surface area (Å²) in [4.78, 5) is 16.9. The monoisotopic (exact) mass is 324 g/mol. The topological polar surface area (TPSA) is 51.2 Å². The van der Waals surface area contributed by atoms with Gasteiger partial charge in [0.25, 0.3) is 0 Å². The molecule has 0 spiro atoms. The number of carbonyl (C=O) groups is 1. The Labute approximate surface area is 138 Å². The van der Waals surface area contributed by atoms with Gasteiger partial charge in [0.15, 0.2) is 5.13 Å². The van der Waals surface area contributed by atoms with E-state index >= 15 is 0 Å². The van der Waals surface area contributed by atoms with Gasteiger partial charge in [-0.05, 0) is 36.1 Å². The molecule has 0 unspecified atom stereocenters. The number of methoxy groups -OCH3 is 1. The standard InChI is InChI=1S/C18H16N2O2S/c1-22-12-7-8-15-16(9-12)23-18(19-15)20-17(21)14-10-13(14)11-5-3-2-4-6-11/h2-9,13-14H,10H2,1H3,(H,19,20,21)/t13-,14+/m1/s1. The van der Waals surface area contributed by atoms with Gasteiger partial charge >= 0.3 is 0 Å². The molecule has 3 aromatic rings. The number of hydrogen-bond acceptors (Lipinski definition) is 4. The fraction of sp³-hybridized carbons (Fsp3) is 0.222. The van der Waals surface area contributed by atoms with Crippen LogP contribution in [0.3, 0.4) is 0 Å². The number of nitrogens with zero attached hydrogens (tertiary/aromatic N) is 1. The minimum atomic E-state index is 0.0546. The molecule has 116 valence electrons. The summed E-state index contributed by atoms with van der Waals surface area (Å²) in [6, 6.07) is 15.9. The molecule has 5 heteroatoms. The summed E-state index contributed by atoms with van der Waals surface area (Å²) in [5, 5.41) is 3.61. The summed E-state index contributed by atoms with van der Waals surface area (Å²) in [5.41, 5.74) is 2.11. The number of anilines is 1. The highest BCUT2D eigenvalue weighted by Crippen LogP contribution is 2.48. The smallest absolute Gasteiger partial charge is 0.229 e. The zero-order chi connectivity index (χ0) is 15.8. The maximum Gasteiger partial charge on any atom is 0.229 e. The van der Waals surface area contributed by atoms with Crippen molar-refractivity contribution < 1.29 is 9.53 Å². The van der Waals surface area contributed by atoms with E-state index in [2.05, 4.69) is 22.4 Å². The van der Waals surface area contributed by atoms with Crippen LogP contribution in [0.1, 0.15) is 17.9 Å². The number of hydrogen-bond donors (Lipinski definition) is 1. The first-order valence-corrected chi connectivity index (χ1v) is 8.36. The second kappa shape index (κ2) is 5.66. The summed E-state index contributed by atoms with van der Waals surface area (Å²) in [7, 11) is 1.64. The second-order valence-electron chi connectivity index (χ2n) is 5.70. The molecule has 1 heterocycles. The van der Waals surface area contributed by atoms with Crippen LogP contribution in [0.25, 0.3) is 10.2 Å². The molecule has 0 radical (unpaired) electrons. The van der Waals surface area contributed by atoms with E-state index in [4.69, 9.17) is 4.74 Å². The Morgan fingerprint density at radius 1 is 1.26 bits per heavy atom. The lowest BCUT2D eigenvalue weighted by atomic mass is 10.1. The van der Waals surface area contributed by atoms with Crippen molar-refractivity contribution in [1.82, 2.24) is 4.98 Å². The maximum atomic E-state index is 12.4. The van der Waals surface area contributed by atoms with Crippen molar-refractivity contribution in [3.05, 3.63) is 54.1 Å². The molecule has 4 nitrogen and oxygen atoms in total. The van der Waals surface area contributed by atoms with Crippen molar-refractivity contribution in [2.75, 3.05) is 12.4 Å². The minimum Gasteiger partial charge on any atom is -0.497 e. The normalized spacial score (nSPS) is 19.5. The van der Waals surface area contributed by atoms with Crippen molar-refractivity contribution >= 4 is 32.6 Å². The van der Waals surface area contributed by atoms with Gasteiger partial charge in [0.05, 0.1) is 17.3 Å². The molecule has 1 fully saturated rings. The number of fused-ring (bicyclic) bond motifs is 1. The summed E-state index contributed by atoms with van der Waals surface area (Å²) >= 11 is 1.47. The molecule has 2 aromatic carbocycles. The molecule has 1 amide bonds. The van der Waals surface area contributed by atoms with E-state index in [1.165, 1.54) is 16.9 Å². The van der Waals surface area contributed by atoms with Crippen LogP contribution < -0.4 is 10.1 Å². The minimum absolute atomic E-state index is 0.0546. The van der Waals surface area contributed by atoms with E-state index in [9.17, 15) is 4.79 Å². The number of amides is 1. The molecular weight excluding hydrogens is 308 g/mol. The van der Waals surface area contributed by atoms with Gasteiger partial charge in [0, 0.05) is 5.92 Å². The fourth-order valence-electron chi connectivity index (χ4n) is 2.84. The Balaban J connectivity index is 1.47. The number of ether oxygens (including phenoxy) is 1. The maximum absolute atomic E-state index is 12.4. The molecule has 1 N–H and O–H groups in total. The number of benzene rings is 2. The molecule has 0 aliphatic heterocycles. The van der Waals surface area contributed by atoms with E-state index in [1.54, 1.807) is 7.11 Å². The lowest BCUT2D eigenvalue weighted by molar-refractivity contribution is -0.117. The lowest BCUT2D eigenvalue weighted by Crippen LogP contribution is -2.14. The fourth-order valence-corrected chi connectivity index (χ4v) is 3.73. The van der Waals surface area contributed by atoms with Crippen LogP contribution in [-0.2, 0) is 4.79 Å². The first-order valence-electron chi connectivity index (χ1n) is 7.55. The highest BCUT2D eigenvalue weighted by Gasteiger charge is 2.44. The van der Waals surface area contributed by atoms with Crippen molar-refractivity contribution in [2.45, 2.75) is 12.3 Å². The largest absolute Gasteiger partial charge is 0.497 e. The molecule has 0 bridgehead atoms. The van der Waals surface area contributed by atoms with Crippen LogP contribution in [0.5, 0.6) is 5.75 Å². The van der Waals surface area contributed by atoms with Gasteiger partial charge in [-0.15, -0.1) is 0 Å². The van der Waals surface area contributed by atoms with Gasteiger partial charge in [0.2, 0.25) is 5.91 Å². The van der Waals surface area contributed by atoms with Crippen molar-refractivity contribution in [2.24, 2.45) is 5.92 Å². The van der Waals surface area contributed by atoms with E-state index in [1.807, 2.05) is 36.4 Å². The Bertz CT molecular complexity index is 860. The van der Waals surface area contributed by atoms with Crippen LogP contribution in [0.2, 0.25) is 0 Å².